The van der Waals surface area contributed by atoms with E-state index in [1.54, 1.807) is 0 Å². The van der Waals surface area contributed by atoms with Crippen molar-refractivity contribution in [3.63, 3.8) is 0 Å². The third-order valence-corrected chi connectivity index (χ3v) is 3.69. The first-order chi connectivity index (χ1) is 12.2. The summed E-state index contributed by atoms with van der Waals surface area (Å²) in [5.74, 6) is -0.871. The highest BCUT2D eigenvalue weighted by molar-refractivity contribution is 5.42. The van der Waals surface area contributed by atoms with E-state index < -0.39 is 5.89 Å². The molecule has 0 heterocycles. The average molecular weight is 318 g/mol. The predicted molar refractivity (Wildman–Crippen MR) is 104 cm³/mol. The van der Waals surface area contributed by atoms with Crippen molar-refractivity contribution in [2.75, 3.05) is 13.1 Å². The van der Waals surface area contributed by atoms with E-state index in [1.807, 2.05) is 91.0 Å². The minimum atomic E-state index is -0.871. The van der Waals surface area contributed by atoms with Gasteiger partial charge in [-0.3, -0.25) is 0 Å². The molecular formula is C23H27N. The van der Waals surface area contributed by atoms with E-state index >= 15 is 0 Å². The smallest absolute Gasteiger partial charge is 0.0452 e. The van der Waals surface area contributed by atoms with Crippen molar-refractivity contribution in [3.05, 3.63) is 108 Å². The lowest BCUT2D eigenvalue weighted by Crippen LogP contribution is -2.09. The van der Waals surface area contributed by atoms with E-state index in [0.717, 1.165) is 29.8 Å². The van der Waals surface area contributed by atoms with Gasteiger partial charge in [0.25, 0.3) is 0 Å². The van der Waals surface area contributed by atoms with Crippen molar-refractivity contribution in [2.24, 2.45) is 0 Å². The van der Waals surface area contributed by atoms with Crippen LogP contribution in [-0.4, -0.2) is 13.1 Å². The molecule has 3 aromatic rings. The zero-order valence-corrected chi connectivity index (χ0v) is 14.6. The van der Waals surface area contributed by atoms with Gasteiger partial charge in [-0.2, -0.15) is 0 Å². The second-order valence-electron chi connectivity index (χ2n) is 5.43. The van der Waals surface area contributed by atoms with E-state index in [0.29, 0.717) is 0 Å². The number of hydrogen-bond acceptors (Lipinski definition) is 1. The maximum absolute atomic E-state index is 9.14. The van der Waals surface area contributed by atoms with Crippen LogP contribution >= 0.6 is 0 Å². The molecule has 0 amide bonds. The first kappa shape index (κ1) is 16.5. The van der Waals surface area contributed by atoms with E-state index in [1.165, 1.54) is 0 Å². The van der Waals surface area contributed by atoms with Crippen molar-refractivity contribution in [3.8, 4) is 0 Å². The minimum absolute atomic E-state index is 0.871. The van der Waals surface area contributed by atoms with Gasteiger partial charge in [-0.25, -0.2) is 0 Å². The molecular weight excluding hydrogens is 290 g/mol. The van der Waals surface area contributed by atoms with Gasteiger partial charge >= 0.3 is 0 Å². The van der Waals surface area contributed by atoms with Gasteiger partial charge in [0.15, 0.2) is 0 Å². The molecule has 0 atom stereocenters. The average Bonchev–Trinajstić information content (AvgIpc) is 2.70. The van der Waals surface area contributed by atoms with Gasteiger partial charge in [-0.1, -0.05) is 105 Å². The van der Waals surface area contributed by atoms with Gasteiger partial charge in [0.1, 0.15) is 0 Å². The molecule has 1 nitrogen and oxygen atoms in total. The Morgan fingerprint density at radius 3 is 1.12 bits per heavy atom. The molecule has 1 N–H and O–H groups in total. The fourth-order valence-electron chi connectivity index (χ4n) is 2.56. The Hall–Kier alpha value is -2.38. The molecule has 0 radical (unpaired) electrons. The van der Waals surface area contributed by atoms with Gasteiger partial charge in [-0.15, -0.1) is 0 Å². The van der Waals surface area contributed by atoms with Crippen molar-refractivity contribution in [1.82, 2.24) is 5.32 Å². The number of rotatable bonds is 5. The van der Waals surface area contributed by atoms with Crippen molar-refractivity contribution < 1.29 is 1.37 Å². The standard InChI is InChI=1S/C19H16.C4H11N/c1-4-10-16(11-5-1)19(17-12-6-2-7-13-17)18-14-8-3-9-15-18;1-3-5-4-2/h1-15,19H;5H,3-4H2,1-2H3/i19D;. The van der Waals surface area contributed by atoms with Gasteiger partial charge in [-0.05, 0) is 29.8 Å². The van der Waals surface area contributed by atoms with Crippen LogP contribution in [0.5, 0.6) is 0 Å². The summed E-state index contributed by atoms with van der Waals surface area (Å²) < 4.78 is 9.14. The topological polar surface area (TPSA) is 12.0 Å². The maximum atomic E-state index is 9.14. The molecule has 0 fully saturated rings. The van der Waals surface area contributed by atoms with Crippen LogP contribution in [0.1, 0.15) is 37.8 Å². The Morgan fingerprint density at radius 1 is 0.625 bits per heavy atom. The quantitative estimate of drug-likeness (QED) is 0.614. The van der Waals surface area contributed by atoms with Crippen LogP contribution in [0.3, 0.4) is 0 Å². The second kappa shape index (κ2) is 10.4. The van der Waals surface area contributed by atoms with Crippen molar-refractivity contribution in [2.45, 2.75) is 19.7 Å². The summed E-state index contributed by atoms with van der Waals surface area (Å²) in [5.41, 5.74) is 2.95. The summed E-state index contributed by atoms with van der Waals surface area (Å²) in [6, 6.07) is 30.0. The fourth-order valence-corrected chi connectivity index (χ4v) is 2.56. The summed E-state index contributed by atoms with van der Waals surface area (Å²) in [6.45, 7) is 6.39. The van der Waals surface area contributed by atoms with Crippen LogP contribution < -0.4 is 5.32 Å². The first-order valence-electron chi connectivity index (χ1n) is 9.10. The zero-order valence-electron chi connectivity index (χ0n) is 15.6. The Labute approximate surface area is 147 Å². The zero-order chi connectivity index (χ0) is 18.0. The summed E-state index contributed by atoms with van der Waals surface area (Å²) in [4.78, 5) is 0. The normalized spacial score (nSPS) is 11.2. The molecule has 24 heavy (non-hydrogen) atoms. The molecule has 1 heteroatoms. The third-order valence-electron chi connectivity index (χ3n) is 3.69. The van der Waals surface area contributed by atoms with Gasteiger partial charge in [0.05, 0.1) is 0 Å². The predicted octanol–water partition coefficient (Wildman–Crippen LogP) is 5.48. The molecule has 124 valence electrons. The monoisotopic (exact) mass is 318 g/mol. The van der Waals surface area contributed by atoms with Crippen LogP contribution in [0.4, 0.5) is 0 Å². The van der Waals surface area contributed by atoms with Crippen LogP contribution in [0, 0.1) is 0 Å². The largest absolute Gasteiger partial charge is 0.317 e. The highest BCUT2D eigenvalue weighted by Gasteiger charge is 2.15. The Morgan fingerprint density at radius 2 is 0.917 bits per heavy atom. The summed E-state index contributed by atoms with van der Waals surface area (Å²) in [5, 5.41) is 3.11. The number of nitrogens with one attached hydrogen (secondary N) is 1. The molecule has 0 bridgehead atoms. The molecule has 0 saturated carbocycles. The van der Waals surface area contributed by atoms with Crippen LogP contribution in [0.2, 0.25) is 0 Å². The molecule has 3 aromatic carbocycles. The fraction of sp³-hybridized carbons (Fsp3) is 0.217. The molecule has 0 unspecified atom stereocenters. The number of benzene rings is 3. The maximum Gasteiger partial charge on any atom is 0.0452 e. The Bertz CT molecular complexity index is 612. The van der Waals surface area contributed by atoms with E-state index in [-0.39, 0.29) is 0 Å². The Kier molecular flexibility index (Phi) is 7.14. The van der Waals surface area contributed by atoms with E-state index in [2.05, 4.69) is 19.2 Å². The molecule has 0 aliphatic carbocycles. The van der Waals surface area contributed by atoms with Gasteiger partial charge < -0.3 is 5.32 Å². The van der Waals surface area contributed by atoms with Crippen LogP contribution in [-0.2, 0) is 0 Å². The lowest BCUT2D eigenvalue weighted by atomic mass is 9.85. The van der Waals surface area contributed by atoms with Crippen LogP contribution in [0.25, 0.3) is 0 Å². The second-order valence-corrected chi connectivity index (χ2v) is 5.43. The van der Waals surface area contributed by atoms with Crippen molar-refractivity contribution in [1.29, 1.82) is 0 Å². The third kappa shape index (κ3) is 5.36. The number of hydrogen-bond donors (Lipinski definition) is 1. The highest BCUT2D eigenvalue weighted by atomic mass is 14.8. The molecule has 3 rings (SSSR count). The lowest BCUT2D eigenvalue weighted by Gasteiger charge is -2.18. The lowest BCUT2D eigenvalue weighted by molar-refractivity contribution is 0.762. The summed E-state index contributed by atoms with van der Waals surface area (Å²) in [7, 11) is 0. The SMILES string of the molecule is CCNCC.[2H]C(c1ccccc1)(c1ccccc1)c1ccccc1. The first-order valence-corrected chi connectivity index (χ1v) is 8.60. The van der Waals surface area contributed by atoms with Gasteiger partial charge in [0, 0.05) is 7.26 Å². The molecule has 0 aliphatic heterocycles. The molecule has 0 aromatic heterocycles. The van der Waals surface area contributed by atoms with Crippen molar-refractivity contribution >= 4 is 0 Å². The van der Waals surface area contributed by atoms with Crippen LogP contribution in [0.15, 0.2) is 91.0 Å². The summed E-state index contributed by atoms with van der Waals surface area (Å²) in [6.07, 6.45) is 0. The summed E-state index contributed by atoms with van der Waals surface area (Å²) >= 11 is 0. The molecule has 0 aliphatic rings. The van der Waals surface area contributed by atoms with E-state index in [4.69, 9.17) is 1.37 Å². The van der Waals surface area contributed by atoms with E-state index in [9.17, 15) is 0 Å². The minimum Gasteiger partial charge on any atom is -0.317 e. The Balaban J connectivity index is 0.000000399. The highest BCUT2D eigenvalue weighted by Crippen LogP contribution is 2.31. The van der Waals surface area contributed by atoms with Gasteiger partial charge in [0.2, 0.25) is 0 Å². The molecule has 0 spiro atoms. The molecule has 0 saturated heterocycles.